The molecule has 14 heteroatoms. The van der Waals surface area contributed by atoms with Gasteiger partial charge in [-0.3, -0.25) is 4.79 Å². The Bertz CT molecular complexity index is 1480. The number of carboxylic acid groups (broad SMARTS) is 3. The molecule has 1 heterocycles. The molecule has 0 radical (unpaired) electrons. The number of aromatic carboxylic acids is 2. The smallest absolute Gasteiger partial charge is 0.344 e. The minimum absolute atomic E-state index is 0.141. The van der Waals surface area contributed by atoms with Gasteiger partial charge in [0.05, 0.1) is 23.6 Å². The van der Waals surface area contributed by atoms with E-state index < -0.39 is 72.2 Å². The molecule has 0 aliphatic rings. The van der Waals surface area contributed by atoms with Crippen molar-refractivity contribution in [2.24, 2.45) is 0 Å². The Morgan fingerprint density at radius 2 is 1.42 bits per heavy atom. The van der Waals surface area contributed by atoms with Crippen molar-refractivity contribution < 1.29 is 62.7 Å². The van der Waals surface area contributed by atoms with E-state index in [1.807, 2.05) is 0 Å². The van der Waals surface area contributed by atoms with Crippen LogP contribution in [-0.4, -0.2) is 72.1 Å². The molecule has 0 aliphatic carbocycles. The number of esters is 2. The van der Waals surface area contributed by atoms with Crippen LogP contribution in [0.5, 0.6) is 11.7 Å². The monoisotopic (exact) mass is 530 g/mol. The maximum absolute atomic E-state index is 13.4. The molecule has 0 saturated carbocycles. The van der Waals surface area contributed by atoms with Gasteiger partial charge in [-0.1, -0.05) is 12.1 Å². The van der Waals surface area contributed by atoms with E-state index in [-0.39, 0.29) is 27.8 Å². The van der Waals surface area contributed by atoms with Crippen molar-refractivity contribution in [3.63, 3.8) is 0 Å². The standard InChI is InChI=1S/C24H18O14/c1-34-18(27)9-37-24-20(11-2-4-12(5-3-11)35-10-19(28)36-8-17(25)26)21(29)15-6-13(22(30)31)14(23(32)33)7-16(15)38-24/h2-7H,8-10H2,1H3,(H,25,26)(H,30,31)(H,32,33). The van der Waals surface area contributed by atoms with Crippen molar-refractivity contribution in [1.29, 1.82) is 0 Å². The lowest BCUT2D eigenvalue weighted by atomic mass is 10.0. The van der Waals surface area contributed by atoms with Crippen LogP contribution >= 0.6 is 0 Å². The first kappa shape index (κ1) is 27.2. The average molecular weight is 530 g/mol. The van der Waals surface area contributed by atoms with Crippen LogP contribution in [-0.2, 0) is 23.9 Å². The third-order valence-electron chi connectivity index (χ3n) is 4.86. The van der Waals surface area contributed by atoms with Gasteiger partial charge in [-0.25, -0.2) is 24.0 Å². The Hall–Kier alpha value is -5.40. The predicted molar refractivity (Wildman–Crippen MR) is 123 cm³/mol. The summed E-state index contributed by atoms with van der Waals surface area (Å²) in [5.41, 5.74) is -2.45. The van der Waals surface area contributed by atoms with Crippen molar-refractivity contribution in [3.05, 3.63) is 57.7 Å². The minimum atomic E-state index is -1.58. The summed E-state index contributed by atoms with van der Waals surface area (Å²) in [6.45, 7) is -2.09. The highest BCUT2D eigenvalue weighted by molar-refractivity contribution is 6.05. The molecule has 198 valence electrons. The minimum Gasteiger partial charge on any atom is -0.482 e. The van der Waals surface area contributed by atoms with Gasteiger partial charge in [0.25, 0.3) is 5.95 Å². The molecule has 0 spiro atoms. The molecule has 14 nitrogen and oxygen atoms in total. The number of ether oxygens (including phenoxy) is 4. The second-order valence-corrected chi connectivity index (χ2v) is 7.33. The van der Waals surface area contributed by atoms with Gasteiger partial charge in [-0.2, -0.15) is 0 Å². The molecule has 0 aliphatic heterocycles. The number of hydrogen-bond donors (Lipinski definition) is 3. The first-order chi connectivity index (χ1) is 18.0. The lowest BCUT2D eigenvalue weighted by molar-refractivity contribution is -0.156. The zero-order valence-electron chi connectivity index (χ0n) is 19.4. The summed E-state index contributed by atoms with van der Waals surface area (Å²) in [7, 11) is 1.10. The number of methoxy groups -OCH3 is 1. The molecule has 3 aromatic rings. The largest absolute Gasteiger partial charge is 0.482 e. The number of rotatable bonds is 11. The van der Waals surface area contributed by atoms with Crippen molar-refractivity contribution in [3.8, 4) is 22.8 Å². The van der Waals surface area contributed by atoms with E-state index in [9.17, 15) is 39.0 Å². The Balaban J connectivity index is 2.05. The maximum Gasteiger partial charge on any atom is 0.344 e. The number of carbonyl (C=O) groups excluding carboxylic acids is 2. The van der Waals surface area contributed by atoms with E-state index in [1.165, 1.54) is 24.3 Å². The Kier molecular flexibility index (Phi) is 8.27. The first-order valence-electron chi connectivity index (χ1n) is 10.4. The molecule has 0 fully saturated rings. The van der Waals surface area contributed by atoms with Crippen LogP contribution in [0.25, 0.3) is 22.1 Å². The van der Waals surface area contributed by atoms with Crippen LogP contribution in [0.1, 0.15) is 20.7 Å². The average Bonchev–Trinajstić information content (AvgIpc) is 2.88. The van der Waals surface area contributed by atoms with Crippen LogP contribution in [0.4, 0.5) is 0 Å². The van der Waals surface area contributed by atoms with E-state index in [4.69, 9.17) is 19.0 Å². The molecular weight excluding hydrogens is 512 g/mol. The normalized spacial score (nSPS) is 10.4. The lowest BCUT2D eigenvalue weighted by Crippen LogP contribution is -2.19. The van der Waals surface area contributed by atoms with E-state index in [1.54, 1.807) is 0 Å². The highest BCUT2D eigenvalue weighted by atomic mass is 16.6. The Morgan fingerprint density at radius 3 is 2.00 bits per heavy atom. The van der Waals surface area contributed by atoms with Gasteiger partial charge in [0.2, 0.25) is 5.43 Å². The van der Waals surface area contributed by atoms with Crippen molar-refractivity contribution in [1.82, 2.24) is 0 Å². The fourth-order valence-electron chi connectivity index (χ4n) is 3.15. The van der Waals surface area contributed by atoms with Gasteiger partial charge < -0.3 is 38.7 Å². The zero-order valence-corrected chi connectivity index (χ0v) is 19.4. The fraction of sp³-hybridized carbons (Fsp3) is 0.167. The van der Waals surface area contributed by atoms with Crippen LogP contribution in [0.15, 0.2) is 45.6 Å². The first-order valence-corrected chi connectivity index (χ1v) is 10.4. The highest BCUT2D eigenvalue weighted by Crippen LogP contribution is 2.33. The summed E-state index contributed by atoms with van der Waals surface area (Å²) in [6.07, 6.45) is 0. The molecule has 0 unspecified atom stereocenters. The van der Waals surface area contributed by atoms with Crippen molar-refractivity contribution >= 4 is 40.8 Å². The molecule has 3 N–H and O–H groups in total. The van der Waals surface area contributed by atoms with Crippen LogP contribution in [0.3, 0.4) is 0 Å². The quantitative estimate of drug-likeness (QED) is 0.299. The SMILES string of the molecule is COC(=O)COc1oc2cc(C(=O)O)c(C(=O)O)cc2c(=O)c1-c1ccc(OCC(=O)OCC(=O)O)cc1. The zero-order chi connectivity index (χ0) is 28.0. The number of benzene rings is 2. The van der Waals surface area contributed by atoms with Gasteiger partial charge >= 0.3 is 29.8 Å². The van der Waals surface area contributed by atoms with E-state index >= 15 is 0 Å². The molecule has 0 bridgehead atoms. The number of aliphatic carboxylic acids is 1. The van der Waals surface area contributed by atoms with Gasteiger partial charge in [0.1, 0.15) is 16.9 Å². The third kappa shape index (κ3) is 6.23. The highest BCUT2D eigenvalue weighted by Gasteiger charge is 2.24. The molecule has 0 atom stereocenters. The summed E-state index contributed by atoms with van der Waals surface area (Å²) < 4.78 is 25.1. The van der Waals surface area contributed by atoms with Crippen molar-refractivity contribution in [2.45, 2.75) is 0 Å². The summed E-state index contributed by atoms with van der Waals surface area (Å²) >= 11 is 0. The molecule has 38 heavy (non-hydrogen) atoms. The third-order valence-corrected chi connectivity index (χ3v) is 4.86. The number of hydrogen-bond acceptors (Lipinski definition) is 11. The molecule has 3 rings (SSSR count). The number of carboxylic acids is 3. The van der Waals surface area contributed by atoms with Crippen LogP contribution in [0, 0.1) is 0 Å². The number of fused-ring (bicyclic) bond motifs is 1. The topological polar surface area (TPSA) is 213 Å². The van der Waals surface area contributed by atoms with Gasteiger partial charge in [0.15, 0.2) is 19.8 Å². The summed E-state index contributed by atoms with van der Waals surface area (Å²) in [6, 6.07) is 7.15. The molecule has 2 aromatic carbocycles. The second-order valence-electron chi connectivity index (χ2n) is 7.33. The Morgan fingerprint density at radius 1 is 0.816 bits per heavy atom. The van der Waals surface area contributed by atoms with Crippen molar-refractivity contribution in [2.75, 3.05) is 26.9 Å². The summed E-state index contributed by atoms with van der Waals surface area (Å²) in [5.74, 6) is -6.57. The van der Waals surface area contributed by atoms with E-state index in [2.05, 4.69) is 9.47 Å². The Labute approximate surface area is 211 Å². The molecule has 0 amide bonds. The maximum atomic E-state index is 13.4. The molecule has 1 aromatic heterocycles. The van der Waals surface area contributed by atoms with Gasteiger partial charge in [0, 0.05) is 0 Å². The summed E-state index contributed by atoms with van der Waals surface area (Å²) in [5, 5.41) is 27.0. The molecular formula is C24H18O14. The van der Waals surface area contributed by atoms with E-state index in [0.29, 0.717) is 0 Å². The molecule has 0 saturated heterocycles. The van der Waals surface area contributed by atoms with Crippen LogP contribution < -0.4 is 14.9 Å². The predicted octanol–water partition coefficient (Wildman–Crippen LogP) is 1.41. The van der Waals surface area contributed by atoms with E-state index in [0.717, 1.165) is 19.2 Å². The lowest BCUT2D eigenvalue weighted by Gasteiger charge is -2.12. The fourth-order valence-corrected chi connectivity index (χ4v) is 3.15. The number of carbonyl (C=O) groups is 5. The van der Waals surface area contributed by atoms with Crippen LogP contribution in [0.2, 0.25) is 0 Å². The second kappa shape index (κ2) is 11.6. The summed E-state index contributed by atoms with van der Waals surface area (Å²) in [4.78, 5) is 70.1. The van der Waals surface area contributed by atoms with Gasteiger partial charge in [-0.15, -0.1) is 0 Å². The van der Waals surface area contributed by atoms with Gasteiger partial charge in [-0.05, 0) is 29.8 Å².